The SMILES string of the molecule is CNC(=O)C1CCCCN1c1nc(C(C)C)nc(Cl)c1C. The number of piperidine rings is 1. The molecule has 0 radical (unpaired) electrons. The minimum atomic E-state index is -0.173. The third kappa shape index (κ3) is 3.28. The molecule has 1 atom stereocenters. The van der Waals surface area contributed by atoms with E-state index in [1.165, 1.54) is 0 Å². The highest BCUT2D eigenvalue weighted by molar-refractivity contribution is 6.30. The van der Waals surface area contributed by atoms with E-state index in [2.05, 4.69) is 20.2 Å². The summed E-state index contributed by atoms with van der Waals surface area (Å²) < 4.78 is 0. The Morgan fingerprint density at radius 1 is 1.38 bits per heavy atom. The molecular formula is C15H23ClN4O. The van der Waals surface area contributed by atoms with Gasteiger partial charge in [0.05, 0.1) is 0 Å². The maximum atomic E-state index is 12.1. The summed E-state index contributed by atoms with van der Waals surface area (Å²) in [6, 6.07) is -0.173. The fraction of sp³-hybridized carbons (Fsp3) is 0.667. The van der Waals surface area contributed by atoms with E-state index in [-0.39, 0.29) is 17.9 Å². The predicted octanol–water partition coefficient (Wildman–Crippen LogP) is 2.67. The Balaban J connectivity index is 2.44. The van der Waals surface area contributed by atoms with Crippen LogP contribution in [0.15, 0.2) is 0 Å². The summed E-state index contributed by atoms with van der Waals surface area (Å²) in [5, 5.41) is 3.23. The predicted molar refractivity (Wildman–Crippen MR) is 84.9 cm³/mol. The average molecular weight is 311 g/mol. The lowest BCUT2D eigenvalue weighted by Gasteiger charge is -2.36. The Morgan fingerprint density at radius 3 is 2.71 bits per heavy atom. The summed E-state index contributed by atoms with van der Waals surface area (Å²) in [7, 11) is 1.68. The van der Waals surface area contributed by atoms with Crippen molar-refractivity contribution in [3.63, 3.8) is 0 Å². The number of likely N-dealkylation sites (N-methyl/N-ethyl adjacent to an activating group) is 1. The van der Waals surface area contributed by atoms with Gasteiger partial charge in [0, 0.05) is 25.1 Å². The van der Waals surface area contributed by atoms with E-state index in [0.29, 0.717) is 5.15 Å². The number of amides is 1. The van der Waals surface area contributed by atoms with Crippen LogP contribution in [0.4, 0.5) is 5.82 Å². The Kier molecular flexibility index (Phi) is 5.04. The van der Waals surface area contributed by atoms with Crippen molar-refractivity contribution >= 4 is 23.3 Å². The third-order valence-corrected chi connectivity index (χ3v) is 4.29. The third-order valence-electron chi connectivity index (χ3n) is 3.92. The van der Waals surface area contributed by atoms with Crippen LogP contribution in [0.3, 0.4) is 0 Å². The van der Waals surface area contributed by atoms with Crippen LogP contribution in [-0.4, -0.2) is 35.5 Å². The Morgan fingerprint density at radius 2 is 2.10 bits per heavy atom. The monoisotopic (exact) mass is 310 g/mol. The van der Waals surface area contributed by atoms with Crippen LogP contribution in [0, 0.1) is 6.92 Å². The lowest BCUT2D eigenvalue weighted by molar-refractivity contribution is -0.122. The van der Waals surface area contributed by atoms with E-state index in [9.17, 15) is 4.79 Å². The second-order valence-electron chi connectivity index (χ2n) is 5.80. The van der Waals surface area contributed by atoms with Crippen LogP contribution in [0.1, 0.15) is 50.4 Å². The number of carbonyl (C=O) groups is 1. The van der Waals surface area contributed by atoms with Crippen molar-refractivity contribution in [2.24, 2.45) is 0 Å². The van der Waals surface area contributed by atoms with Gasteiger partial charge in [0.2, 0.25) is 5.91 Å². The van der Waals surface area contributed by atoms with Gasteiger partial charge in [-0.2, -0.15) is 0 Å². The van der Waals surface area contributed by atoms with E-state index in [1.807, 2.05) is 20.8 Å². The molecule has 0 spiro atoms. The lowest BCUT2D eigenvalue weighted by atomic mass is 10.0. The first kappa shape index (κ1) is 16.0. The summed E-state index contributed by atoms with van der Waals surface area (Å²) >= 11 is 6.27. The van der Waals surface area contributed by atoms with Crippen LogP contribution in [0.5, 0.6) is 0 Å². The van der Waals surface area contributed by atoms with Gasteiger partial charge in [0.1, 0.15) is 22.8 Å². The normalized spacial score (nSPS) is 19.0. The molecule has 0 aliphatic carbocycles. The van der Waals surface area contributed by atoms with Crippen LogP contribution in [0.2, 0.25) is 5.15 Å². The number of nitrogens with one attached hydrogen (secondary N) is 1. The first-order valence-corrected chi connectivity index (χ1v) is 7.85. The van der Waals surface area contributed by atoms with Crippen molar-refractivity contribution in [1.29, 1.82) is 0 Å². The molecule has 2 heterocycles. The van der Waals surface area contributed by atoms with Gasteiger partial charge in [-0.15, -0.1) is 0 Å². The van der Waals surface area contributed by atoms with Crippen molar-refractivity contribution in [3.8, 4) is 0 Å². The van der Waals surface area contributed by atoms with Crippen LogP contribution in [0.25, 0.3) is 0 Å². The van der Waals surface area contributed by atoms with Crippen molar-refractivity contribution in [1.82, 2.24) is 15.3 Å². The van der Waals surface area contributed by atoms with E-state index in [1.54, 1.807) is 7.05 Å². The highest BCUT2D eigenvalue weighted by Gasteiger charge is 2.31. The zero-order valence-corrected chi connectivity index (χ0v) is 13.9. The van der Waals surface area contributed by atoms with Gasteiger partial charge >= 0.3 is 0 Å². The number of halogens is 1. The van der Waals surface area contributed by atoms with Crippen molar-refractivity contribution in [3.05, 3.63) is 16.5 Å². The zero-order valence-electron chi connectivity index (χ0n) is 13.1. The topological polar surface area (TPSA) is 58.1 Å². The van der Waals surface area contributed by atoms with Crippen molar-refractivity contribution < 1.29 is 4.79 Å². The second-order valence-corrected chi connectivity index (χ2v) is 6.15. The van der Waals surface area contributed by atoms with Crippen molar-refractivity contribution in [2.75, 3.05) is 18.5 Å². The molecule has 116 valence electrons. The zero-order chi connectivity index (χ0) is 15.6. The summed E-state index contributed by atoms with van der Waals surface area (Å²) in [5.74, 6) is 1.76. The molecule has 1 saturated heterocycles. The first-order valence-electron chi connectivity index (χ1n) is 7.48. The highest BCUT2D eigenvalue weighted by Crippen LogP contribution is 2.30. The lowest BCUT2D eigenvalue weighted by Crippen LogP contribution is -2.49. The van der Waals surface area contributed by atoms with Gasteiger partial charge in [0.25, 0.3) is 0 Å². The number of carbonyl (C=O) groups excluding carboxylic acids is 1. The highest BCUT2D eigenvalue weighted by atomic mass is 35.5. The number of anilines is 1. The van der Waals surface area contributed by atoms with Crippen LogP contribution >= 0.6 is 11.6 Å². The van der Waals surface area contributed by atoms with Gasteiger partial charge in [-0.05, 0) is 26.2 Å². The summed E-state index contributed by atoms with van der Waals surface area (Å²) in [5.41, 5.74) is 0.844. The van der Waals surface area contributed by atoms with Crippen molar-refractivity contribution in [2.45, 2.75) is 52.0 Å². The molecule has 1 unspecified atom stereocenters. The van der Waals surface area contributed by atoms with E-state index in [4.69, 9.17) is 11.6 Å². The van der Waals surface area contributed by atoms with Gasteiger partial charge in [-0.3, -0.25) is 4.79 Å². The summed E-state index contributed by atoms with van der Waals surface area (Å²) in [6.45, 7) is 6.82. The summed E-state index contributed by atoms with van der Waals surface area (Å²) in [4.78, 5) is 23.2. The maximum absolute atomic E-state index is 12.1. The smallest absolute Gasteiger partial charge is 0.242 e. The molecule has 5 nitrogen and oxygen atoms in total. The molecule has 6 heteroatoms. The standard InChI is InChI=1S/C15H23ClN4O/c1-9(2)13-18-12(16)10(3)14(19-13)20-8-6-5-7-11(20)15(21)17-4/h9,11H,5-8H2,1-4H3,(H,17,21). The molecule has 1 aromatic heterocycles. The minimum Gasteiger partial charge on any atom is -0.357 e. The molecule has 0 saturated carbocycles. The average Bonchev–Trinajstić information content (AvgIpc) is 2.49. The molecule has 1 aliphatic heterocycles. The minimum absolute atomic E-state index is 0.0370. The van der Waals surface area contributed by atoms with E-state index >= 15 is 0 Å². The van der Waals surface area contributed by atoms with Gasteiger partial charge in [0.15, 0.2) is 0 Å². The summed E-state index contributed by atoms with van der Waals surface area (Å²) in [6.07, 6.45) is 2.97. The van der Waals surface area contributed by atoms with E-state index in [0.717, 1.165) is 43.0 Å². The molecule has 1 amide bonds. The quantitative estimate of drug-likeness (QED) is 0.872. The van der Waals surface area contributed by atoms with Gasteiger partial charge in [-0.1, -0.05) is 25.4 Å². The fourth-order valence-corrected chi connectivity index (χ4v) is 2.83. The molecule has 0 bridgehead atoms. The maximum Gasteiger partial charge on any atom is 0.242 e. The van der Waals surface area contributed by atoms with Gasteiger partial charge in [-0.25, -0.2) is 9.97 Å². The number of hydrogen-bond donors (Lipinski definition) is 1. The second kappa shape index (κ2) is 6.60. The van der Waals surface area contributed by atoms with Crippen LogP contribution < -0.4 is 10.2 Å². The number of hydrogen-bond acceptors (Lipinski definition) is 4. The molecule has 1 N–H and O–H groups in total. The fourth-order valence-electron chi connectivity index (χ4n) is 2.66. The Labute approximate surface area is 131 Å². The largest absolute Gasteiger partial charge is 0.357 e. The molecule has 1 aliphatic rings. The Bertz CT molecular complexity index is 533. The van der Waals surface area contributed by atoms with E-state index < -0.39 is 0 Å². The first-order chi connectivity index (χ1) is 9.95. The molecule has 0 aromatic carbocycles. The number of rotatable bonds is 3. The molecular weight excluding hydrogens is 288 g/mol. The molecule has 1 aromatic rings. The van der Waals surface area contributed by atoms with Crippen LogP contribution in [-0.2, 0) is 4.79 Å². The number of aromatic nitrogens is 2. The number of nitrogens with zero attached hydrogens (tertiary/aromatic N) is 3. The molecule has 2 rings (SSSR count). The molecule has 1 fully saturated rings. The Hall–Kier alpha value is -1.36. The molecule has 21 heavy (non-hydrogen) atoms. The van der Waals surface area contributed by atoms with Gasteiger partial charge < -0.3 is 10.2 Å².